The molecule has 0 spiro atoms. The van der Waals surface area contributed by atoms with Crippen molar-refractivity contribution in [2.24, 2.45) is 29.2 Å². The van der Waals surface area contributed by atoms with Crippen LogP contribution in [0, 0.1) is 17.8 Å². The van der Waals surface area contributed by atoms with Crippen LogP contribution in [0.5, 0.6) is 5.75 Å². The number of primary amides is 1. The van der Waals surface area contributed by atoms with E-state index in [1.54, 1.807) is 114 Å². The molecule has 3 rings (SSSR count). The summed E-state index contributed by atoms with van der Waals surface area (Å²) in [5.41, 5.74) is 13.3. The van der Waals surface area contributed by atoms with E-state index in [1.807, 2.05) is 6.26 Å². The van der Waals surface area contributed by atoms with Crippen molar-refractivity contribution < 1.29 is 72.9 Å². The minimum absolute atomic E-state index is 0.0139. The summed E-state index contributed by atoms with van der Waals surface area (Å²) in [6.07, 6.45) is 0.463. The van der Waals surface area contributed by atoms with Crippen molar-refractivity contribution in [3.8, 4) is 5.75 Å². The highest BCUT2D eigenvalue weighted by molar-refractivity contribution is 7.98. The SMILES string of the molecule is CC[C@H](C)[C@H](NC(=O)[C@H](Cc1ccc(O)cc1)NC(=O)[C@@H](N)CCSC)C(=O)N[C@@H](C)C(=O)N[C@@H](Cc1ccccc1)C(=O)N[C@H](C(=O)N[C@@H](CC(C)C)C(=O)N[C@@H](CCC(=O)O)C(=O)N[C@@H](CC(N)=O)C(=O)N[C@@H](Cc1ccccc1)C(=O)O)[C@@H](C)CC. The van der Waals surface area contributed by atoms with Crippen molar-refractivity contribution in [2.75, 3.05) is 12.0 Å². The lowest BCUT2D eigenvalue weighted by molar-refractivity contribution is -0.142. The van der Waals surface area contributed by atoms with Gasteiger partial charge in [-0.25, -0.2) is 4.79 Å². The number of thioether (sulfide) groups is 1. The minimum atomic E-state index is -1.78. The van der Waals surface area contributed by atoms with Crippen LogP contribution in [0.25, 0.3) is 0 Å². The smallest absolute Gasteiger partial charge is 0.326 e. The highest BCUT2D eigenvalue weighted by Gasteiger charge is 2.38. The first-order valence-corrected chi connectivity index (χ1v) is 31.0. The summed E-state index contributed by atoms with van der Waals surface area (Å²) in [6, 6.07) is 8.98. The van der Waals surface area contributed by atoms with Gasteiger partial charge < -0.3 is 74.6 Å². The number of phenolic OH excluding ortho intramolecular Hbond substituents is 1. The zero-order chi connectivity index (χ0) is 66.5. The van der Waals surface area contributed by atoms with E-state index in [2.05, 4.69) is 47.9 Å². The molecule has 89 heavy (non-hydrogen) atoms. The Bertz CT molecular complexity index is 2870. The quantitative estimate of drug-likeness (QED) is 0.0376. The van der Waals surface area contributed by atoms with Crippen LogP contribution in [0.1, 0.15) is 110 Å². The Kier molecular flexibility index (Phi) is 31.8. The number of carbonyl (C=O) groups is 12. The summed E-state index contributed by atoms with van der Waals surface area (Å²) in [5.74, 6) is -12.5. The van der Waals surface area contributed by atoms with Gasteiger partial charge in [0.2, 0.25) is 59.1 Å². The minimum Gasteiger partial charge on any atom is -0.508 e. The predicted octanol–water partition coefficient (Wildman–Crippen LogP) is 0.847. The molecule has 0 aliphatic carbocycles. The fourth-order valence-electron chi connectivity index (χ4n) is 9.15. The van der Waals surface area contributed by atoms with E-state index < -0.39 is 163 Å². The molecule has 26 nitrogen and oxygen atoms in total. The third kappa shape index (κ3) is 26.3. The summed E-state index contributed by atoms with van der Waals surface area (Å²) < 4.78 is 0. The number of phenols is 1. The number of nitrogens with two attached hydrogens (primary N) is 2. The maximum atomic E-state index is 14.6. The molecular formula is C62H89N11O15S. The van der Waals surface area contributed by atoms with Gasteiger partial charge in [-0.2, -0.15) is 11.8 Å². The Hall–Kier alpha value is -8.59. The molecule has 12 atom stereocenters. The summed E-state index contributed by atoms with van der Waals surface area (Å²) in [5, 5.41) is 52.7. The lowest BCUT2D eigenvalue weighted by atomic mass is 9.95. The van der Waals surface area contributed by atoms with Crippen molar-refractivity contribution in [1.82, 2.24) is 47.9 Å². The second-order valence-electron chi connectivity index (χ2n) is 22.5. The lowest BCUT2D eigenvalue weighted by Gasteiger charge is -2.30. The van der Waals surface area contributed by atoms with E-state index in [9.17, 15) is 72.9 Å². The molecule has 3 aromatic rings. The zero-order valence-electron chi connectivity index (χ0n) is 51.7. The third-order valence-electron chi connectivity index (χ3n) is 14.8. The van der Waals surface area contributed by atoms with Crippen LogP contribution >= 0.6 is 11.8 Å². The van der Waals surface area contributed by atoms with E-state index in [1.165, 1.54) is 30.8 Å². The molecule has 0 saturated heterocycles. The molecule has 0 unspecified atom stereocenters. The second kappa shape index (κ2) is 38.0. The predicted molar refractivity (Wildman–Crippen MR) is 333 cm³/mol. The van der Waals surface area contributed by atoms with Crippen LogP contribution in [0.15, 0.2) is 84.9 Å². The normalized spacial score (nSPS) is 15.2. The van der Waals surface area contributed by atoms with Gasteiger partial charge in [0.15, 0.2) is 0 Å². The number of carbonyl (C=O) groups excluding carboxylic acids is 10. The molecule has 0 aliphatic heterocycles. The van der Waals surface area contributed by atoms with Gasteiger partial charge in [-0.05, 0) is 84.8 Å². The molecule has 0 saturated carbocycles. The van der Waals surface area contributed by atoms with Crippen molar-refractivity contribution in [3.63, 3.8) is 0 Å². The fourth-order valence-corrected chi connectivity index (χ4v) is 9.64. The van der Waals surface area contributed by atoms with Gasteiger partial charge >= 0.3 is 11.9 Å². The van der Waals surface area contributed by atoms with Gasteiger partial charge in [0.1, 0.15) is 60.1 Å². The summed E-state index contributed by atoms with van der Waals surface area (Å²) in [6.45, 7) is 11.7. The molecule has 0 fully saturated rings. The standard InChI is InChI=1S/C62H89N11O15S/c1-9-35(5)51(72-59(84)46(31-40-21-23-41(74)24-22-40)68-54(79)42(63)27-28-89-8)60(85)65-37(7)53(78)67-45(30-38-17-13-11-14-18-38)58(83)73-52(36(6)10-2)61(86)70-44(29-34(3)4)56(81)66-43(25-26-50(76)77)55(80)69-47(33-49(64)75)57(82)71-48(62(87)88)32-39-19-15-12-16-20-39/h11-24,34-37,42-48,51-52,74H,9-10,25-33,63H2,1-8H3,(H2,64,75)(H,65,85)(H,66,81)(H,67,78)(H,68,79)(H,69,80)(H,70,86)(H,71,82)(H,72,84)(H,73,83)(H,76,77)(H,87,88)/t35-,36-,37-,42-,43-,44-,45-,46-,47-,48-,51-,52-/m0/s1. The molecule has 0 aliphatic rings. The third-order valence-corrected chi connectivity index (χ3v) is 15.4. The first-order valence-electron chi connectivity index (χ1n) is 29.6. The van der Waals surface area contributed by atoms with Gasteiger partial charge in [-0.15, -0.1) is 0 Å². The number of nitrogens with one attached hydrogen (secondary N) is 9. The first-order chi connectivity index (χ1) is 42.1. The number of hydrogen-bond acceptors (Lipinski definition) is 15. The molecule has 10 amide bonds. The van der Waals surface area contributed by atoms with Crippen LogP contribution in [0.2, 0.25) is 0 Å². The summed E-state index contributed by atoms with van der Waals surface area (Å²) >= 11 is 1.50. The van der Waals surface area contributed by atoms with Gasteiger partial charge in [0.05, 0.1) is 12.5 Å². The topological polar surface area (TPSA) is 426 Å². The molecule has 0 aromatic heterocycles. The highest BCUT2D eigenvalue weighted by atomic mass is 32.2. The molecule has 0 radical (unpaired) electrons. The van der Waals surface area contributed by atoms with E-state index in [0.29, 0.717) is 41.7 Å². The molecule has 16 N–H and O–H groups in total. The molecule has 0 heterocycles. The van der Waals surface area contributed by atoms with Gasteiger partial charge in [0.25, 0.3) is 0 Å². The number of aromatic hydroxyl groups is 1. The zero-order valence-corrected chi connectivity index (χ0v) is 52.5. The maximum absolute atomic E-state index is 14.6. The number of benzene rings is 3. The van der Waals surface area contributed by atoms with Crippen molar-refractivity contribution in [3.05, 3.63) is 102 Å². The van der Waals surface area contributed by atoms with Crippen LogP contribution < -0.4 is 59.3 Å². The van der Waals surface area contributed by atoms with Gasteiger partial charge in [0, 0.05) is 25.7 Å². The molecule has 3 aromatic carbocycles. The molecule has 27 heteroatoms. The van der Waals surface area contributed by atoms with E-state index in [-0.39, 0.29) is 37.4 Å². The first kappa shape index (κ1) is 74.7. The van der Waals surface area contributed by atoms with E-state index >= 15 is 0 Å². The Balaban J connectivity index is 1.88. The Morgan fingerprint density at radius 1 is 0.472 bits per heavy atom. The monoisotopic (exact) mass is 1260 g/mol. The summed E-state index contributed by atoms with van der Waals surface area (Å²) in [4.78, 5) is 163. The van der Waals surface area contributed by atoms with E-state index in [4.69, 9.17) is 11.5 Å². The fraction of sp³-hybridized carbons (Fsp3) is 0.516. The molecule has 488 valence electrons. The molecular weight excluding hydrogens is 1170 g/mol. The number of amides is 10. The van der Waals surface area contributed by atoms with Crippen LogP contribution in [0.4, 0.5) is 0 Å². The largest absolute Gasteiger partial charge is 0.508 e. The Morgan fingerprint density at radius 2 is 0.876 bits per heavy atom. The van der Waals surface area contributed by atoms with E-state index in [0.717, 1.165) is 0 Å². The average molecular weight is 1260 g/mol. The molecule has 0 bridgehead atoms. The van der Waals surface area contributed by atoms with Crippen molar-refractivity contribution >= 4 is 82.8 Å². The van der Waals surface area contributed by atoms with Crippen LogP contribution in [0.3, 0.4) is 0 Å². The van der Waals surface area contributed by atoms with Gasteiger partial charge in [-0.1, -0.05) is 127 Å². The number of rotatable bonds is 39. The van der Waals surface area contributed by atoms with Crippen LogP contribution in [-0.4, -0.2) is 159 Å². The van der Waals surface area contributed by atoms with Crippen molar-refractivity contribution in [1.29, 1.82) is 0 Å². The summed E-state index contributed by atoms with van der Waals surface area (Å²) in [7, 11) is 0. The Labute approximate surface area is 523 Å². The van der Waals surface area contributed by atoms with Crippen molar-refractivity contribution in [2.45, 2.75) is 173 Å². The maximum Gasteiger partial charge on any atom is 0.326 e. The average Bonchev–Trinajstić information content (AvgIpc) is 3.64. The number of aliphatic carboxylic acids is 2. The number of carboxylic acid groups (broad SMARTS) is 2. The van der Waals surface area contributed by atoms with Gasteiger partial charge in [-0.3, -0.25) is 52.7 Å². The number of hydrogen-bond donors (Lipinski definition) is 14. The second-order valence-corrected chi connectivity index (χ2v) is 23.5. The number of carboxylic acids is 2. The Morgan fingerprint density at radius 3 is 1.34 bits per heavy atom. The lowest BCUT2D eigenvalue weighted by Crippen LogP contribution is -2.62. The highest BCUT2D eigenvalue weighted by Crippen LogP contribution is 2.17. The van der Waals surface area contributed by atoms with Crippen LogP contribution in [-0.2, 0) is 76.8 Å².